The molecular formula is C17H22O2. The number of rotatable bonds is 4. The number of ketones is 1. The number of carbonyl (C=O) groups is 1. The topological polar surface area (TPSA) is 26.3 Å². The molecule has 2 unspecified atom stereocenters. The van der Waals surface area contributed by atoms with E-state index in [1.54, 1.807) is 0 Å². The van der Waals surface area contributed by atoms with Gasteiger partial charge < -0.3 is 4.74 Å². The van der Waals surface area contributed by atoms with Crippen LogP contribution in [0, 0.1) is 17.8 Å². The van der Waals surface area contributed by atoms with E-state index in [2.05, 4.69) is 0 Å². The van der Waals surface area contributed by atoms with Crippen molar-refractivity contribution in [1.82, 2.24) is 0 Å². The summed E-state index contributed by atoms with van der Waals surface area (Å²) in [6, 6.07) is 7.67. The summed E-state index contributed by atoms with van der Waals surface area (Å²) in [6.07, 6.45) is 5.32. The number of Topliss-reactive ketones (excluding diaryl/α,β-unsaturated/α-hetero) is 1. The Bertz CT molecular complexity index is 449. The first-order valence-electron chi connectivity index (χ1n) is 7.48. The van der Waals surface area contributed by atoms with Crippen LogP contribution in [0.2, 0.25) is 0 Å². The van der Waals surface area contributed by atoms with Gasteiger partial charge in [0.15, 0.2) is 5.78 Å². The Labute approximate surface area is 115 Å². The number of hydrogen-bond acceptors (Lipinski definition) is 2. The Hall–Kier alpha value is -1.31. The molecule has 102 valence electrons. The lowest BCUT2D eigenvalue weighted by molar-refractivity contribution is 0.0956. The highest BCUT2D eigenvalue weighted by Crippen LogP contribution is 2.56. The summed E-state index contributed by atoms with van der Waals surface area (Å²) < 4.78 is 5.61. The van der Waals surface area contributed by atoms with Gasteiger partial charge in [-0.3, -0.25) is 4.79 Å². The van der Waals surface area contributed by atoms with E-state index < -0.39 is 0 Å². The summed E-state index contributed by atoms with van der Waals surface area (Å²) in [4.78, 5) is 12.5. The van der Waals surface area contributed by atoms with Crippen LogP contribution < -0.4 is 4.74 Å². The molecule has 0 heterocycles. The zero-order valence-electron chi connectivity index (χ0n) is 11.8. The zero-order valence-corrected chi connectivity index (χ0v) is 11.8. The van der Waals surface area contributed by atoms with Crippen LogP contribution in [0.15, 0.2) is 24.3 Å². The monoisotopic (exact) mass is 258 g/mol. The van der Waals surface area contributed by atoms with Gasteiger partial charge in [-0.25, -0.2) is 0 Å². The molecule has 0 saturated heterocycles. The molecule has 0 bridgehead atoms. The first kappa shape index (κ1) is 12.7. The predicted octanol–water partition coefficient (Wildman–Crippen LogP) is 4.09. The maximum Gasteiger partial charge on any atom is 0.166 e. The lowest BCUT2D eigenvalue weighted by atomic mass is 10.0. The molecule has 2 aliphatic rings. The van der Waals surface area contributed by atoms with Gasteiger partial charge in [0, 0.05) is 11.5 Å². The molecule has 2 atom stereocenters. The average Bonchev–Trinajstić information content (AvgIpc) is 3.12. The normalized spacial score (nSPS) is 28.9. The number of hydrogen-bond donors (Lipinski definition) is 0. The van der Waals surface area contributed by atoms with Gasteiger partial charge in [-0.1, -0.05) is 12.8 Å². The lowest BCUT2D eigenvalue weighted by Gasteiger charge is -2.09. The summed E-state index contributed by atoms with van der Waals surface area (Å²) in [5, 5.41) is 0. The largest absolute Gasteiger partial charge is 0.491 e. The van der Waals surface area contributed by atoms with E-state index in [-0.39, 0.29) is 6.10 Å². The van der Waals surface area contributed by atoms with E-state index in [1.165, 1.54) is 25.7 Å². The van der Waals surface area contributed by atoms with Gasteiger partial charge >= 0.3 is 0 Å². The Morgan fingerprint density at radius 3 is 2.21 bits per heavy atom. The molecule has 2 aliphatic carbocycles. The molecule has 19 heavy (non-hydrogen) atoms. The van der Waals surface area contributed by atoms with Gasteiger partial charge in [-0.05, 0) is 62.8 Å². The third kappa shape index (κ3) is 2.54. The fourth-order valence-electron chi connectivity index (χ4n) is 3.54. The first-order valence-corrected chi connectivity index (χ1v) is 7.48. The molecule has 2 fully saturated rings. The smallest absolute Gasteiger partial charge is 0.166 e. The second-order valence-corrected chi connectivity index (χ2v) is 6.19. The molecule has 1 aromatic carbocycles. The summed E-state index contributed by atoms with van der Waals surface area (Å²) in [5.74, 6) is 2.90. The van der Waals surface area contributed by atoms with Crippen molar-refractivity contribution in [2.75, 3.05) is 0 Å². The van der Waals surface area contributed by atoms with Gasteiger partial charge in [-0.15, -0.1) is 0 Å². The number of fused-ring (bicyclic) bond motifs is 1. The van der Waals surface area contributed by atoms with Crippen LogP contribution in [0.1, 0.15) is 49.9 Å². The van der Waals surface area contributed by atoms with Crippen molar-refractivity contribution in [1.29, 1.82) is 0 Å². The number of benzene rings is 1. The molecule has 3 rings (SSSR count). The summed E-state index contributed by atoms with van der Waals surface area (Å²) in [7, 11) is 0. The standard InChI is InChI=1S/C17H22O2/c1-11(2)19-13-9-7-12(8-10-13)17(18)16-14-5-3-4-6-15(14)16/h7-11,14-16H,3-6H2,1-2H3. The van der Waals surface area contributed by atoms with Crippen molar-refractivity contribution >= 4 is 5.78 Å². The van der Waals surface area contributed by atoms with Gasteiger partial charge in [0.1, 0.15) is 5.75 Å². The Balaban J connectivity index is 1.67. The Morgan fingerprint density at radius 2 is 1.68 bits per heavy atom. The van der Waals surface area contributed by atoms with E-state index in [1.807, 2.05) is 38.1 Å². The highest BCUT2D eigenvalue weighted by molar-refractivity contribution is 6.00. The molecule has 2 saturated carbocycles. The second-order valence-electron chi connectivity index (χ2n) is 6.19. The third-order valence-corrected chi connectivity index (χ3v) is 4.47. The molecule has 2 nitrogen and oxygen atoms in total. The maximum atomic E-state index is 12.5. The van der Waals surface area contributed by atoms with Crippen LogP contribution in [0.5, 0.6) is 5.75 Å². The average molecular weight is 258 g/mol. The molecule has 0 N–H and O–H groups in total. The molecule has 0 spiro atoms. The van der Waals surface area contributed by atoms with Crippen LogP contribution in [0.4, 0.5) is 0 Å². The molecule has 0 aliphatic heterocycles. The van der Waals surface area contributed by atoms with Crippen molar-refractivity contribution < 1.29 is 9.53 Å². The molecule has 1 aromatic rings. The summed E-state index contributed by atoms with van der Waals surface area (Å²) in [6.45, 7) is 4.02. The van der Waals surface area contributed by atoms with Crippen LogP contribution in [-0.4, -0.2) is 11.9 Å². The number of ether oxygens (including phenoxy) is 1. The second kappa shape index (κ2) is 4.99. The highest BCUT2D eigenvalue weighted by Gasteiger charge is 2.54. The van der Waals surface area contributed by atoms with Crippen molar-refractivity contribution in [2.24, 2.45) is 17.8 Å². The Kier molecular flexibility index (Phi) is 3.34. The van der Waals surface area contributed by atoms with E-state index in [0.717, 1.165) is 11.3 Å². The minimum atomic E-state index is 0.174. The van der Waals surface area contributed by atoms with Crippen molar-refractivity contribution in [2.45, 2.75) is 45.6 Å². The van der Waals surface area contributed by atoms with Gasteiger partial charge in [0.05, 0.1) is 6.10 Å². The van der Waals surface area contributed by atoms with E-state index >= 15 is 0 Å². The third-order valence-electron chi connectivity index (χ3n) is 4.47. The van der Waals surface area contributed by atoms with Gasteiger partial charge in [0.25, 0.3) is 0 Å². The predicted molar refractivity (Wildman–Crippen MR) is 75.5 cm³/mol. The molecule has 0 aromatic heterocycles. The fraction of sp³-hybridized carbons (Fsp3) is 0.588. The van der Waals surface area contributed by atoms with Crippen LogP contribution in [-0.2, 0) is 0 Å². The van der Waals surface area contributed by atoms with Crippen molar-refractivity contribution in [3.05, 3.63) is 29.8 Å². The zero-order chi connectivity index (χ0) is 13.4. The van der Waals surface area contributed by atoms with Gasteiger partial charge in [-0.2, -0.15) is 0 Å². The van der Waals surface area contributed by atoms with Crippen molar-refractivity contribution in [3.8, 4) is 5.75 Å². The summed E-state index contributed by atoms with van der Waals surface area (Å²) in [5.41, 5.74) is 0.857. The van der Waals surface area contributed by atoms with Crippen LogP contribution >= 0.6 is 0 Å². The fourth-order valence-corrected chi connectivity index (χ4v) is 3.54. The van der Waals surface area contributed by atoms with E-state index in [0.29, 0.717) is 23.5 Å². The first-order chi connectivity index (χ1) is 9.16. The quantitative estimate of drug-likeness (QED) is 0.760. The SMILES string of the molecule is CC(C)Oc1ccc(C(=O)C2C3CCCCC32)cc1. The molecular weight excluding hydrogens is 236 g/mol. The highest BCUT2D eigenvalue weighted by atomic mass is 16.5. The summed E-state index contributed by atoms with van der Waals surface area (Å²) >= 11 is 0. The van der Waals surface area contributed by atoms with E-state index in [9.17, 15) is 4.79 Å². The minimum Gasteiger partial charge on any atom is -0.491 e. The van der Waals surface area contributed by atoms with Gasteiger partial charge in [0.2, 0.25) is 0 Å². The van der Waals surface area contributed by atoms with Crippen LogP contribution in [0.25, 0.3) is 0 Å². The molecule has 0 amide bonds. The number of carbonyl (C=O) groups excluding carboxylic acids is 1. The lowest BCUT2D eigenvalue weighted by Crippen LogP contribution is -2.07. The molecule has 0 radical (unpaired) electrons. The molecule has 2 heteroatoms. The van der Waals surface area contributed by atoms with Crippen LogP contribution in [0.3, 0.4) is 0 Å². The van der Waals surface area contributed by atoms with Crippen molar-refractivity contribution in [3.63, 3.8) is 0 Å². The minimum absolute atomic E-state index is 0.174. The Morgan fingerprint density at radius 1 is 1.11 bits per heavy atom. The maximum absolute atomic E-state index is 12.5. The van der Waals surface area contributed by atoms with E-state index in [4.69, 9.17) is 4.74 Å².